The molecule has 1 aliphatic heterocycles. The molecule has 1 saturated heterocycles. The minimum absolute atomic E-state index is 0.125. The number of methoxy groups -OCH3 is 1. The monoisotopic (exact) mass is 236 g/mol. The molecular formula is C13H20N2O2. The van der Waals surface area contributed by atoms with Crippen LogP contribution in [0, 0.1) is 0 Å². The molecule has 0 aliphatic carbocycles. The van der Waals surface area contributed by atoms with Crippen LogP contribution in [-0.4, -0.2) is 36.3 Å². The molecule has 0 saturated carbocycles. The SMILES string of the molecule is COc1cc(N)ccc1CN1CCC(O)CC1. The van der Waals surface area contributed by atoms with Crippen LogP contribution in [0.25, 0.3) is 0 Å². The Balaban J connectivity index is 2.03. The van der Waals surface area contributed by atoms with E-state index in [-0.39, 0.29) is 6.10 Å². The Morgan fingerprint density at radius 1 is 1.41 bits per heavy atom. The zero-order chi connectivity index (χ0) is 12.3. The maximum atomic E-state index is 9.46. The van der Waals surface area contributed by atoms with Crippen LogP contribution < -0.4 is 10.5 Å². The first-order chi connectivity index (χ1) is 8.19. The fraction of sp³-hybridized carbons (Fsp3) is 0.538. The van der Waals surface area contributed by atoms with Crippen molar-refractivity contribution >= 4 is 5.69 Å². The molecule has 4 nitrogen and oxygen atoms in total. The summed E-state index contributed by atoms with van der Waals surface area (Å²) in [5, 5.41) is 9.46. The fourth-order valence-electron chi connectivity index (χ4n) is 2.21. The van der Waals surface area contributed by atoms with Gasteiger partial charge in [0.1, 0.15) is 5.75 Å². The lowest BCUT2D eigenvalue weighted by atomic mass is 10.1. The largest absolute Gasteiger partial charge is 0.496 e. The summed E-state index contributed by atoms with van der Waals surface area (Å²) in [7, 11) is 1.66. The van der Waals surface area contributed by atoms with Gasteiger partial charge in [-0.15, -0.1) is 0 Å². The van der Waals surface area contributed by atoms with Crippen LogP contribution in [-0.2, 0) is 6.54 Å². The Hall–Kier alpha value is -1.26. The average Bonchev–Trinajstić information content (AvgIpc) is 2.34. The molecule has 1 aliphatic rings. The molecule has 4 heteroatoms. The predicted octanol–water partition coefficient (Wildman–Crippen LogP) is 1.23. The van der Waals surface area contributed by atoms with Crippen LogP contribution in [0.2, 0.25) is 0 Å². The zero-order valence-corrected chi connectivity index (χ0v) is 10.2. The van der Waals surface area contributed by atoms with E-state index in [1.807, 2.05) is 18.2 Å². The predicted molar refractivity (Wildman–Crippen MR) is 67.9 cm³/mol. The van der Waals surface area contributed by atoms with Crippen molar-refractivity contribution in [3.05, 3.63) is 23.8 Å². The van der Waals surface area contributed by atoms with Crippen LogP contribution in [0.3, 0.4) is 0 Å². The Morgan fingerprint density at radius 2 is 2.12 bits per heavy atom. The summed E-state index contributed by atoms with van der Waals surface area (Å²) in [6.07, 6.45) is 1.59. The normalized spacial score (nSPS) is 18.2. The average molecular weight is 236 g/mol. The minimum atomic E-state index is -0.125. The van der Waals surface area contributed by atoms with Gasteiger partial charge in [0.25, 0.3) is 0 Å². The van der Waals surface area contributed by atoms with Gasteiger partial charge in [-0.3, -0.25) is 4.90 Å². The number of nitrogens with zero attached hydrogens (tertiary/aromatic N) is 1. The second-order valence-corrected chi connectivity index (χ2v) is 4.58. The van der Waals surface area contributed by atoms with Crippen molar-refractivity contribution in [2.24, 2.45) is 0 Å². The van der Waals surface area contributed by atoms with Gasteiger partial charge in [-0.1, -0.05) is 6.07 Å². The third-order valence-corrected chi connectivity index (χ3v) is 3.26. The van der Waals surface area contributed by atoms with Crippen molar-refractivity contribution in [2.75, 3.05) is 25.9 Å². The highest BCUT2D eigenvalue weighted by Crippen LogP contribution is 2.24. The van der Waals surface area contributed by atoms with E-state index in [0.717, 1.165) is 49.5 Å². The molecule has 1 aromatic carbocycles. The highest BCUT2D eigenvalue weighted by atomic mass is 16.5. The maximum absolute atomic E-state index is 9.46. The van der Waals surface area contributed by atoms with Gasteiger partial charge in [0, 0.05) is 37.0 Å². The number of hydrogen-bond acceptors (Lipinski definition) is 4. The van der Waals surface area contributed by atoms with E-state index in [1.165, 1.54) is 0 Å². The zero-order valence-electron chi connectivity index (χ0n) is 10.2. The summed E-state index contributed by atoms with van der Waals surface area (Å²) >= 11 is 0. The summed E-state index contributed by atoms with van der Waals surface area (Å²) in [6.45, 7) is 2.74. The van der Waals surface area contributed by atoms with Crippen LogP contribution in [0.1, 0.15) is 18.4 Å². The van der Waals surface area contributed by atoms with E-state index < -0.39 is 0 Å². The van der Waals surface area contributed by atoms with E-state index >= 15 is 0 Å². The van der Waals surface area contributed by atoms with Crippen LogP contribution in [0.5, 0.6) is 5.75 Å². The van der Waals surface area contributed by atoms with Crippen molar-refractivity contribution in [3.8, 4) is 5.75 Å². The van der Waals surface area contributed by atoms with Crippen molar-refractivity contribution in [2.45, 2.75) is 25.5 Å². The van der Waals surface area contributed by atoms with Gasteiger partial charge >= 0.3 is 0 Å². The number of hydrogen-bond donors (Lipinski definition) is 2. The molecule has 17 heavy (non-hydrogen) atoms. The van der Waals surface area contributed by atoms with Gasteiger partial charge in [-0.2, -0.15) is 0 Å². The number of benzene rings is 1. The lowest BCUT2D eigenvalue weighted by Crippen LogP contribution is -2.35. The van der Waals surface area contributed by atoms with E-state index in [2.05, 4.69) is 4.90 Å². The first-order valence-corrected chi connectivity index (χ1v) is 6.02. The van der Waals surface area contributed by atoms with Gasteiger partial charge in [0.2, 0.25) is 0 Å². The Bertz CT molecular complexity index is 374. The highest BCUT2D eigenvalue weighted by Gasteiger charge is 2.18. The molecule has 0 bridgehead atoms. The molecule has 0 radical (unpaired) electrons. The number of nitrogen functional groups attached to an aromatic ring is 1. The van der Waals surface area contributed by atoms with Gasteiger partial charge in [0.05, 0.1) is 13.2 Å². The van der Waals surface area contributed by atoms with Crippen molar-refractivity contribution < 1.29 is 9.84 Å². The van der Waals surface area contributed by atoms with Gasteiger partial charge in [-0.25, -0.2) is 0 Å². The molecule has 1 fully saturated rings. The van der Waals surface area contributed by atoms with Crippen molar-refractivity contribution in [1.29, 1.82) is 0 Å². The maximum Gasteiger partial charge on any atom is 0.125 e. The molecule has 0 unspecified atom stereocenters. The second-order valence-electron chi connectivity index (χ2n) is 4.58. The number of ether oxygens (including phenoxy) is 1. The quantitative estimate of drug-likeness (QED) is 0.775. The number of nitrogens with two attached hydrogens (primary N) is 1. The van der Waals surface area contributed by atoms with Crippen LogP contribution in [0.15, 0.2) is 18.2 Å². The number of likely N-dealkylation sites (tertiary alicyclic amines) is 1. The number of aliphatic hydroxyl groups is 1. The van der Waals surface area contributed by atoms with Crippen LogP contribution in [0.4, 0.5) is 5.69 Å². The lowest BCUT2D eigenvalue weighted by Gasteiger charge is -2.29. The van der Waals surface area contributed by atoms with Crippen LogP contribution >= 0.6 is 0 Å². The highest BCUT2D eigenvalue weighted by molar-refractivity contribution is 5.48. The van der Waals surface area contributed by atoms with Gasteiger partial charge in [0.15, 0.2) is 0 Å². The first kappa shape index (κ1) is 12.2. The Kier molecular flexibility index (Phi) is 3.86. The molecule has 0 atom stereocenters. The van der Waals surface area contributed by atoms with E-state index in [9.17, 15) is 5.11 Å². The van der Waals surface area contributed by atoms with Gasteiger partial charge < -0.3 is 15.6 Å². The molecule has 0 amide bonds. The standard InChI is InChI=1S/C13H20N2O2/c1-17-13-8-11(14)3-2-10(13)9-15-6-4-12(16)5-7-15/h2-3,8,12,16H,4-7,9,14H2,1H3. The fourth-order valence-corrected chi connectivity index (χ4v) is 2.21. The molecule has 1 aromatic rings. The Morgan fingerprint density at radius 3 is 2.76 bits per heavy atom. The summed E-state index contributed by atoms with van der Waals surface area (Å²) in [6, 6.07) is 5.77. The third-order valence-electron chi connectivity index (χ3n) is 3.26. The summed E-state index contributed by atoms with van der Waals surface area (Å²) in [5.74, 6) is 0.844. The number of rotatable bonds is 3. The number of anilines is 1. The molecule has 0 aromatic heterocycles. The van der Waals surface area contributed by atoms with Crippen molar-refractivity contribution in [3.63, 3.8) is 0 Å². The second kappa shape index (κ2) is 5.38. The molecule has 94 valence electrons. The molecule has 1 heterocycles. The van der Waals surface area contributed by atoms with E-state index in [4.69, 9.17) is 10.5 Å². The minimum Gasteiger partial charge on any atom is -0.496 e. The summed E-state index contributed by atoms with van der Waals surface area (Å²) in [4.78, 5) is 2.33. The molecular weight excluding hydrogens is 216 g/mol. The van der Waals surface area contributed by atoms with E-state index in [0.29, 0.717) is 0 Å². The molecule has 3 N–H and O–H groups in total. The lowest BCUT2D eigenvalue weighted by molar-refractivity contribution is 0.0789. The number of aliphatic hydroxyl groups excluding tert-OH is 1. The number of piperidine rings is 1. The summed E-state index contributed by atoms with van der Waals surface area (Å²) < 4.78 is 5.33. The Labute approximate surface area is 102 Å². The van der Waals surface area contributed by atoms with Gasteiger partial charge in [-0.05, 0) is 18.9 Å². The smallest absolute Gasteiger partial charge is 0.125 e. The van der Waals surface area contributed by atoms with E-state index in [1.54, 1.807) is 7.11 Å². The molecule has 0 spiro atoms. The summed E-state index contributed by atoms with van der Waals surface area (Å²) in [5.41, 5.74) is 7.60. The topological polar surface area (TPSA) is 58.7 Å². The van der Waals surface area contributed by atoms with Crippen molar-refractivity contribution in [1.82, 2.24) is 4.90 Å². The first-order valence-electron chi connectivity index (χ1n) is 6.02. The third kappa shape index (κ3) is 3.11. The molecule has 2 rings (SSSR count).